The maximum Gasteiger partial charge on any atom is 0.271 e. The van der Waals surface area contributed by atoms with Crippen LogP contribution in [0.2, 0.25) is 0 Å². The number of hydrogen-bond donors (Lipinski definition) is 0. The van der Waals surface area contributed by atoms with Gasteiger partial charge < -0.3 is 9.15 Å². The van der Waals surface area contributed by atoms with E-state index in [1.165, 1.54) is 22.4 Å². The van der Waals surface area contributed by atoms with E-state index in [1.54, 1.807) is 37.3 Å². The zero-order chi connectivity index (χ0) is 22.9. The second kappa shape index (κ2) is 8.23. The van der Waals surface area contributed by atoms with Crippen molar-refractivity contribution < 1.29 is 14.1 Å². The summed E-state index contributed by atoms with van der Waals surface area (Å²) >= 11 is 0. The molecular formula is C25H19N3O5. The first-order chi connectivity index (χ1) is 16.0. The molecule has 0 bridgehead atoms. The number of non-ortho nitro benzene ring substituents is 1. The van der Waals surface area contributed by atoms with Gasteiger partial charge in [0, 0.05) is 24.6 Å². The molecule has 5 aromatic rings. The van der Waals surface area contributed by atoms with Gasteiger partial charge in [-0.05, 0) is 30.7 Å². The van der Waals surface area contributed by atoms with E-state index in [2.05, 4.69) is 5.10 Å². The van der Waals surface area contributed by atoms with Crippen molar-refractivity contribution in [1.82, 2.24) is 9.78 Å². The Morgan fingerprint density at radius 2 is 1.88 bits per heavy atom. The minimum Gasteiger partial charge on any atom is -0.493 e. The Morgan fingerprint density at radius 3 is 2.67 bits per heavy atom. The second-order valence-corrected chi connectivity index (χ2v) is 7.63. The molecule has 5 rings (SSSR count). The van der Waals surface area contributed by atoms with Gasteiger partial charge in [0.15, 0.2) is 0 Å². The van der Waals surface area contributed by atoms with Crippen molar-refractivity contribution in [3.8, 4) is 11.4 Å². The largest absolute Gasteiger partial charge is 0.493 e. The van der Waals surface area contributed by atoms with Crippen LogP contribution in [0.5, 0.6) is 5.75 Å². The number of fused-ring (bicyclic) bond motifs is 2. The quantitative estimate of drug-likeness (QED) is 0.272. The highest BCUT2D eigenvalue weighted by atomic mass is 16.6. The summed E-state index contributed by atoms with van der Waals surface area (Å²) in [6.07, 6.45) is 0.751. The summed E-state index contributed by atoms with van der Waals surface area (Å²) in [7, 11) is 0. The van der Waals surface area contributed by atoms with Gasteiger partial charge in [0.05, 0.1) is 28.3 Å². The molecule has 0 radical (unpaired) electrons. The summed E-state index contributed by atoms with van der Waals surface area (Å²) in [6.45, 7) is 2.19. The molecule has 0 saturated carbocycles. The summed E-state index contributed by atoms with van der Waals surface area (Å²) < 4.78 is 13.4. The van der Waals surface area contributed by atoms with Crippen LogP contribution in [0, 0.1) is 17.0 Å². The smallest absolute Gasteiger partial charge is 0.271 e. The van der Waals surface area contributed by atoms with Gasteiger partial charge in [-0.2, -0.15) is 9.78 Å². The lowest BCUT2D eigenvalue weighted by atomic mass is 10.1. The molecule has 2 aromatic heterocycles. The third-order valence-corrected chi connectivity index (χ3v) is 5.44. The third-order valence-electron chi connectivity index (χ3n) is 5.44. The Hall–Kier alpha value is -4.46. The van der Waals surface area contributed by atoms with Crippen LogP contribution >= 0.6 is 0 Å². The number of rotatable bonds is 6. The van der Waals surface area contributed by atoms with E-state index in [0.29, 0.717) is 40.1 Å². The van der Waals surface area contributed by atoms with Gasteiger partial charge in [-0.15, -0.1) is 0 Å². The van der Waals surface area contributed by atoms with Gasteiger partial charge in [-0.1, -0.05) is 36.4 Å². The maximum absolute atomic E-state index is 13.2. The zero-order valence-electron chi connectivity index (χ0n) is 17.7. The van der Waals surface area contributed by atoms with Gasteiger partial charge >= 0.3 is 0 Å². The van der Waals surface area contributed by atoms with E-state index in [9.17, 15) is 14.9 Å². The molecule has 0 aliphatic heterocycles. The molecule has 3 aromatic carbocycles. The molecule has 0 aliphatic carbocycles. The zero-order valence-corrected chi connectivity index (χ0v) is 17.7. The first-order valence-corrected chi connectivity index (χ1v) is 10.4. The van der Waals surface area contributed by atoms with Crippen molar-refractivity contribution in [3.05, 3.63) is 104 Å². The first-order valence-electron chi connectivity index (χ1n) is 10.4. The summed E-state index contributed by atoms with van der Waals surface area (Å²) in [4.78, 5) is 23.9. The lowest BCUT2D eigenvalue weighted by molar-refractivity contribution is -0.384. The van der Waals surface area contributed by atoms with Gasteiger partial charge in [0.2, 0.25) is 11.1 Å². The highest BCUT2D eigenvalue weighted by Gasteiger charge is 2.19. The number of nitro benzene ring substituents is 1. The number of aryl methyl sites for hydroxylation is 1. The lowest BCUT2D eigenvalue weighted by Gasteiger charge is -2.08. The predicted octanol–water partition coefficient (Wildman–Crippen LogP) is 4.97. The third kappa shape index (κ3) is 3.82. The summed E-state index contributed by atoms with van der Waals surface area (Å²) in [5.74, 6) is 0.582. The Labute approximate surface area is 187 Å². The molecule has 0 N–H and O–H groups in total. The van der Waals surface area contributed by atoms with Crippen molar-refractivity contribution >= 4 is 27.8 Å². The molecular weight excluding hydrogens is 422 g/mol. The van der Waals surface area contributed by atoms with Crippen LogP contribution in [0.3, 0.4) is 0 Å². The molecule has 0 spiro atoms. The lowest BCUT2D eigenvalue weighted by Crippen LogP contribution is -2.05. The fourth-order valence-corrected chi connectivity index (χ4v) is 3.81. The van der Waals surface area contributed by atoms with E-state index < -0.39 is 4.92 Å². The molecule has 0 atom stereocenters. The van der Waals surface area contributed by atoms with Crippen molar-refractivity contribution in [3.63, 3.8) is 0 Å². The Kier molecular flexibility index (Phi) is 5.10. The second-order valence-electron chi connectivity index (χ2n) is 7.63. The Morgan fingerprint density at radius 1 is 1.06 bits per heavy atom. The average Bonchev–Trinajstić information content (AvgIpc) is 3.16. The van der Waals surface area contributed by atoms with Gasteiger partial charge in [-0.25, -0.2) is 0 Å². The number of hydrogen-bond acceptors (Lipinski definition) is 6. The van der Waals surface area contributed by atoms with E-state index in [-0.39, 0.29) is 16.8 Å². The van der Waals surface area contributed by atoms with Crippen LogP contribution in [0.15, 0.2) is 82.0 Å². The van der Waals surface area contributed by atoms with Gasteiger partial charge in [0.1, 0.15) is 16.7 Å². The van der Waals surface area contributed by atoms with Gasteiger partial charge in [0.25, 0.3) is 5.69 Å². The molecule has 2 heterocycles. The molecule has 8 nitrogen and oxygen atoms in total. The first kappa shape index (κ1) is 20.4. The van der Waals surface area contributed by atoms with E-state index in [0.717, 1.165) is 6.42 Å². The van der Waals surface area contributed by atoms with Crippen molar-refractivity contribution in [2.45, 2.75) is 13.3 Å². The van der Waals surface area contributed by atoms with E-state index in [1.807, 2.05) is 30.3 Å². The van der Waals surface area contributed by atoms with E-state index in [4.69, 9.17) is 9.15 Å². The maximum atomic E-state index is 13.2. The summed E-state index contributed by atoms with van der Waals surface area (Å²) in [6, 6.07) is 21.1. The number of nitrogens with zero attached hydrogens (tertiary/aromatic N) is 3. The monoisotopic (exact) mass is 441 g/mol. The number of benzene rings is 3. The molecule has 0 amide bonds. The minimum atomic E-state index is -0.479. The van der Waals surface area contributed by atoms with Crippen molar-refractivity contribution in [1.29, 1.82) is 0 Å². The fraction of sp³-hybridized carbons (Fsp3) is 0.120. The number of nitro groups is 1. The van der Waals surface area contributed by atoms with Gasteiger partial charge in [-0.3, -0.25) is 14.9 Å². The van der Waals surface area contributed by atoms with Crippen molar-refractivity contribution in [2.24, 2.45) is 0 Å². The number of aromatic nitrogens is 2. The molecule has 8 heteroatoms. The normalized spacial score (nSPS) is 11.2. The fourth-order valence-electron chi connectivity index (χ4n) is 3.81. The standard InChI is InChI=1S/C25H19N3O5/c1-16-23-24(29)21-11-10-20(32-13-12-17-6-3-2-4-7-17)15-22(21)33-25(23)27(26-16)18-8-5-9-19(14-18)28(30)31/h2-11,14-15H,12-13H2,1H3. The highest BCUT2D eigenvalue weighted by molar-refractivity contribution is 5.90. The van der Waals surface area contributed by atoms with Crippen LogP contribution in [-0.4, -0.2) is 21.3 Å². The Bertz CT molecular complexity index is 1550. The molecule has 0 aliphatic rings. The predicted molar refractivity (Wildman–Crippen MR) is 124 cm³/mol. The molecule has 0 fully saturated rings. The minimum absolute atomic E-state index is 0.0777. The topological polar surface area (TPSA) is 100 Å². The van der Waals surface area contributed by atoms with Crippen LogP contribution < -0.4 is 10.2 Å². The Balaban J connectivity index is 1.54. The molecule has 33 heavy (non-hydrogen) atoms. The summed E-state index contributed by atoms with van der Waals surface area (Å²) in [5, 5.41) is 16.4. The highest BCUT2D eigenvalue weighted by Crippen LogP contribution is 2.27. The molecule has 164 valence electrons. The van der Waals surface area contributed by atoms with Crippen LogP contribution in [0.25, 0.3) is 27.8 Å². The number of ether oxygens (including phenoxy) is 1. The van der Waals surface area contributed by atoms with Crippen LogP contribution in [0.4, 0.5) is 5.69 Å². The van der Waals surface area contributed by atoms with E-state index >= 15 is 0 Å². The van der Waals surface area contributed by atoms with Crippen LogP contribution in [-0.2, 0) is 6.42 Å². The van der Waals surface area contributed by atoms with Crippen LogP contribution in [0.1, 0.15) is 11.3 Å². The SMILES string of the molecule is Cc1nn(-c2cccc([N+](=O)[O-])c2)c2oc3cc(OCCc4ccccc4)ccc3c(=O)c12. The molecule has 0 unspecified atom stereocenters. The average molecular weight is 441 g/mol. The molecule has 0 saturated heterocycles. The van der Waals surface area contributed by atoms with Crippen molar-refractivity contribution in [2.75, 3.05) is 6.61 Å². The summed E-state index contributed by atoms with van der Waals surface area (Å²) in [5.41, 5.74) is 2.38.